The number of nitrogens with zero attached hydrogens (tertiary/aromatic N) is 1. The summed E-state index contributed by atoms with van der Waals surface area (Å²) < 4.78 is 6.05. The van der Waals surface area contributed by atoms with E-state index in [4.69, 9.17) is 4.74 Å². The number of hydrogen-bond donors (Lipinski definition) is 1. The molecule has 150 valence electrons. The summed E-state index contributed by atoms with van der Waals surface area (Å²) in [5, 5.41) is 4.03. The molecule has 0 atom stereocenters. The molecular formula is C23H24N2O3S. The van der Waals surface area contributed by atoms with Crippen LogP contribution in [0.3, 0.4) is 0 Å². The van der Waals surface area contributed by atoms with Crippen LogP contribution in [-0.2, 0) is 20.7 Å². The number of anilines is 1. The molecule has 1 amide bonds. The van der Waals surface area contributed by atoms with Crippen LogP contribution >= 0.6 is 11.3 Å². The average Bonchev–Trinajstić information content (AvgIpc) is 3.14. The molecule has 6 heteroatoms. The number of nitrogens with one attached hydrogen (secondary N) is 1. The lowest BCUT2D eigenvalue weighted by molar-refractivity contribution is -0.137. The van der Waals surface area contributed by atoms with E-state index >= 15 is 0 Å². The molecule has 29 heavy (non-hydrogen) atoms. The number of aryl methyl sites for hydroxylation is 1. The van der Waals surface area contributed by atoms with Crippen molar-refractivity contribution in [2.45, 2.75) is 32.6 Å². The van der Waals surface area contributed by atoms with Gasteiger partial charge in [0, 0.05) is 18.2 Å². The summed E-state index contributed by atoms with van der Waals surface area (Å²) in [6, 6.07) is 15.5. The number of benzene rings is 2. The number of amides is 1. The van der Waals surface area contributed by atoms with Gasteiger partial charge in [0.05, 0.1) is 21.8 Å². The van der Waals surface area contributed by atoms with Crippen molar-refractivity contribution in [3.05, 3.63) is 65.2 Å². The molecule has 0 bridgehead atoms. The maximum atomic E-state index is 12.1. The van der Waals surface area contributed by atoms with Gasteiger partial charge in [-0.15, -0.1) is 11.3 Å². The van der Waals surface area contributed by atoms with Gasteiger partial charge in [-0.1, -0.05) is 24.3 Å². The van der Waals surface area contributed by atoms with E-state index in [-0.39, 0.29) is 11.9 Å². The van der Waals surface area contributed by atoms with Gasteiger partial charge in [0.25, 0.3) is 0 Å². The van der Waals surface area contributed by atoms with Crippen LogP contribution in [-0.4, -0.2) is 23.5 Å². The Labute approximate surface area is 174 Å². The topological polar surface area (TPSA) is 68.3 Å². The van der Waals surface area contributed by atoms with Crippen molar-refractivity contribution in [2.24, 2.45) is 0 Å². The summed E-state index contributed by atoms with van der Waals surface area (Å²) in [5.41, 5.74) is 2.66. The maximum absolute atomic E-state index is 12.1. The van der Waals surface area contributed by atoms with Gasteiger partial charge in [-0.3, -0.25) is 4.79 Å². The molecule has 3 aromatic rings. The molecule has 0 unspecified atom stereocenters. The van der Waals surface area contributed by atoms with E-state index in [1.54, 1.807) is 24.3 Å². The first kappa shape index (κ1) is 20.7. The Balaban J connectivity index is 1.39. The number of carbonyl (C=O) groups excluding carboxylic acids is 2. The monoisotopic (exact) mass is 408 g/mol. The second-order valence-electron chi connectivity index (χ2n) is 6.54. The summed E-state index contributed by atoms with van der Waals surface area (Å²) in [6.07, 6.45) is 6.21. The number of rotatable bonds is 9. The highest BCUT2D eigenvalue weighted by molar-refractivity contribution is 7.18. The minimum Gasteiger partial charge on any atom is -0.463 e. The number of thiazole rings is 1. The predicted octanol–water partition coefficient (Wildman–Crippen LogP) is 5.22. The fraction of sp³-hybridized carbons (Fsp3) is 0.261. The summed E-state index contributed by atoms with van der Waals surface area (Å²) in [5.74, 6) is -0.361. The highest BCUT2D eigenvalue weighted by atomic mass is 32.1. The smallest absolute Gasteiger partial charge is 0.330 e. The van der Waals surface area contributed by atoms with E-state index in [0.717, 1.165) is 41.0 Å². The van der Waals surface area contributed by atoms with Crippen LogP contribution in [0.4, 0.5) is 5.69 Å². The SMILES string of the molecule is CCOC(=O)/C=C/c1ccc(NC(=O)CCCCc2nc3ccccc3s2)cc1. The Morgan fingerprint density at radius 2 is 1.90 bits per heavy atom. The van der Waals surface area contributed by atoms with E-state index in [9.17, 15) is 9.59 Å². The van der Waals surface area contributed by atoms with E-state index in [2.05, 4.69) is 16.4 Å². The highest BCUT2D eigenvalue weighted by Crippen LogP contribution is 2.23. The predicted molar refractivity (Wildman–Crippen MR) is 118 cm³/mol. The van der Waals surface area contributed by atoms with Crippen LogP contribution in [0.2, 0.25) is 0 Å². The quantitative estimate of drug-likeness (QED) is 0.299. The molecule has 0 radical (unpaired) electrons. The minimum atomic E-state index is -0.365. The van der Waals surface area contributed by atoms with Crippen molar-refractivity contribution in [1.29, 1.82) is 0 Å². The van der Waals surface area contributed by atoms with Crippen LogP contribution in [0, 0.1) is 0 Å². The van der Waals surface area contributed by atoms with E-state index in [1.807, 2.05) is 42.5 Å². The molecule has 0 aliphatic heterocycles. The van der Waals surface area contributed by atoms with Crippen LogP contribution in [0.1, 0.15) is 36.8 Å². The Kier molecular flexibility index (Phi) is 7.53. The van der Waals surface area contributed by atoms with Crippen LogP contribution < -0.4 is 5.32 Å². The minimum absolute atomic E-state index is 0.00381. The third-order valence-corrected chi connectivity index (χ3v) is 5.37. The number of unbranched alkanes of at least 4 members (excludes halogenated alkanes) is 1. The van der Waals surface area contributed by atoms with Crippen molar-refractivity contribution < 1.29 is 14.3 Å². The zero-order chi connectivity index (χ0) is 20.5. The first-order valence-corrected chi connectivity index (χ1v) is 10.5. The van der Waals surface area contributed by atoms with Crippen molar-refractivity contribution >= 4 is 45.2 Å². The molecule has 0 aliphatic carbocycles. The van der Waals surface area contributed by atoms with Gasteiger partial charge in [-0.05, 0) is 62.1 Å². The number of ether oxygens (including phenoxy) is 1. The third kappa shape index (κ3) is 6.54. The summed E-state index contributed by atoms with van der Waals surface area (Å²) >= 11 is 1.72. The lowest BCUT2D eigenvalue weighted by atomic mass is 10.1. The van der Waals surface area contributed by atoms with E-state index in [0.29, 0.717) is 13.0 Å². The number of carbonyl (C=O) groups is 2. The molecular weight excluding hydrogens is 384 g/mol. The Morgan fingerprint density at radius 3 is 2.66 bits per heavy atom. The highest BCUT2D eigenvalue weighted by Gasteiger charge is 2.05. The number of aromatic nitrogens is 1. The molecule has 1 N–H and O–H groups in total. The molecule has 3 rings (SSSR count). The second-order valence-corrected chi connectivity index (χ2v) is 7.65. The number of esters is 1. The second kappa shape index (κ2) is 10.5. The fourth-order valence-electron chi connectivity index (χ4n) is 2.84. The number of para-hydroxylation sites is 1. The van der Waals surface area contributed by atoms with Gasteiger partial charge in [-0.25, -0.2) is 9.78 Å². The largest absolute Gasteiger partial charge is 0.463 e. The summed E-state index contributed by atoms with van der Waals surface area (Å²) in [7, 11) is 0. The van der Waals surface area contributed by atoms with Crippen molar-refractivity contribution in [1.82, 2.24) is 4.98 Å². The van der Waals surface area contributed by atoms with E-state index in [1.165, 1.54) is 10.8 Å². The molecule has 0 spiro atoms. The van der Waals surface area contributed by atoms with Crippen molar-refractivity contribution in [3.63, 3.8) is 0 Å². The van der Waals surface area contributed by atoms with Gasteiger partial charge in [0.15, 0.2) is 0 Å². The lowest BCUT2D eigenvalue weighted by Gasteiger charge is -2.05. The molecule has 0 aliphatic rings. The third-order valence-electron chi connectivity index (χ3n) is 4.28. The zero-order valence-electron chi connectivity index (χ0n) is 16.4. The van der Waals surface area contributed by atoms with Crippen LogP contribution in [0.15, 0.2) is 54.6 Å². The average molecular weight is 409 g/mol. The summed E-state index contributed by atoms with van der Waals surface area (Å²) in [4.78, 5) is 28.1. The van der Waals surface area contributed by atoms with E-state index < -0.39 is 0 Å². The Bertz CT molecular complexity index is 960. The molecule has 1 heterocycles. The van der Waals surface area contributed by atoms with Crippen LogP contribution in [0.5, 0.6) is 0 Å². The molecule has 1 aromatic heterocycles. The Hall–Kier alpha value is -2.99. The molecule has 0 saturated heterocycles. The number of fused-ring (bicyclic) bond motifs is 1. The standard InChI is InChI=1S/C23H24N2O3S/c1-2-28-23(27)16-13-17-11-14-18(15-12-17)24-21(26)9-5-6-10-22-25-19-7-3-4-8-20(19)29-22/h3-4,7-8,11-16H,2,5-6,9-10H2,1H3,(H,24,26)/b16-13+. The molecule has 5 nitrogen and oxygen atoms in total. The molecule has 0 saturated carbocycles. The van der Waals surface area contributed by atoms with Crippen LogP contribution in [0.25, 0.3) is 16.3 Å². The first-order valence-electron chi connectivity index (χ1n) is 9.73. The molecule has 0 fully saturated rings. The van der Waals surface area contributed by atoms with Gasteiger partial charge in [0.1, 0.15) is 0 Å². The Morgan fingerprint density at radius 1 is 1.10 bits per heavy atom. The van der Waals surface area contributed by atoms with Gasteiger partial charge in [0.2, 0.25) is 5.91 Å². The van der Waals surface area contributed by atoms with Crippen molar-refractivity contribution in [3.8, 4) is 0 Å². The first-order chi connectivity index (χ1) is 14.1. The van der Waals surface area contributed by atoms with Crippen molar-refractivity contribution in [2.75, 3.05) is 11.9 Å². The lowest BCUT2D eigenvalue weighted by Crippen LogP contribution is -2.11. The summed E-state index contributed by atoms with van der Waals surface area (Å²) in [6.45, 7) is 2.12. The van der Waals surface area contributed by atoms with Gasteiger partial charge >= 0.3 is 5.97 Å². The number of hydrogen-bond acceptors (Lipinski definition) is 5. The molecule has 2 aromatic carbocycles. The zero-order valence-corrected chi connectivity index (χ0v) is 17.2. The normalized spacial score (nSPS) is 11.1. The van der Waals surface area contributed by atoms with Gasteiger partial charge < -0.3 is 10.1 Å². The maximum Gasteiger partial charge on any atom is 0.330 e. The fourth-order valence-corrected chi connectivity index (χ4v) is 3.85. The van der Waals surface area contributed by atoms with Gasteiger partial charge in [-0.2, -0.15) is 0 Å².